The van der Waals surface area contributed by atoms with E-state index in [1.54, 1.807) is 36.4 Å². The summed E-state index contributed by atoms with van der Waals surface area (Å²) < 4.78 is 23.4. The molecule has 0 saturated carbocycles. The van der Waals surface area contributed by atoms with Gasteiger partial charge < -0.3 is 14.8 Å². The molecule has 0 saturated heterocycles. The molecule has 2 aromatic rings. The Morgan fingerprint density at radius 3 is 2.54 bits per heavy atom. The lowest BCUT2D eigenvalue weighted by molar-refractivity contribution is -0.124. The number of hydrogen-bond donors (Lipinski definition) is 1. The normalized spacial score (nSPS) is 10.5. The summed E-state index contributed by atoms with van der Waals surface area (Å²) in [7, 11) is 0. The lowest BCUT2D eigenvalue weighted by Crippen LogP contribution is -2.28. The van der Waals surface area contributed by atoms with Crippen LogP contribution in [0, 0.1) is 11.7 Å². The van der Waals surface area contributed by atoms with Crippen LogP contribution in [0.3, 0.4) is 0 Å². The van der Waals surface area contributed by atoms with Crippen LogP contribution in [0.2, 0.25) is 0 Å². The van der Waals surface area contributed by atoms with Crippen LogP contribution in [0.25, 0.3) is 0 Å². The van der Waals surface area contributed by atoms with Gasteiger partial charge in [0.1, 0.15) is 11.6 Å². The number of halogens is 1. The molecule has 0 fully saturated rings. The quantitative estimate of drug-likeness (QED) is 0.734. The predicted octanol–water partition coefficient (Wildman–Crippen LogP) is 3.33. The predicted molar refractivity (Wildman–Crippen MR) is 95.3 cm³/mol. The molecule has 2 aromatic carbocycles. The molecule has 138 valence electrons. The maximum atomic E-state index is 12.8. The minimum Gasteiger partial charge on any atom is -0.493 e. The summed E-state index contributed by atoms with van der Waals surface area (Å²) in [5.74, 6) is -0.426. The smallest absolute Gasteiger partial charge is 0.338 e. The molecule has 0 aliphatic heterocycles. The number of carbonyl (C=O) groups excluding carboxylic acids is 2. The molecule has 0 atom stereocenters. The molecule has 0 spiro atoms. The van der Waals surface area contributed by atoms with Gasteiger partial charge in [0.25, 0.3) is 5.91 Å². The molecule has 26 heavy (non-hydrogen) atoms. The number of hydrogen-bond acceptors (Lipinski definition) is 4. The summed E-state index contributed by atoms with van der Waals surface area (Å²) in [5.41, 5.74) is 1.07. The van der Waals surface area contributed by atoms with Gasteiger partial charge in [0.05, 0.1) is 12.2 Å². The van der Waals surface area contributed by atoms with E-state index in [-0.39, 0.29) is 12.4 Å². The van der Waals surface area contributed by atoms with Crippen LogP contribution in [0.5, 0.6) is 5.75 Å². The Kier molecular flexibility index (Phi) is 7.14. The second kappa shape index (κ2) is 9.56. The van der Waals surface area contributed by atoms with Crippen LogP contribution < -0.4 is 10.1 Å². The Morgan fingerprint density at radius 2 is 1.85 bits per heavy atom. The van der Waals surface area contributed by atoms with E-state index < -0.39 is 18.5 Å². The molecule has 1 N–H and O–H groups in total. The Balaban J connectivity index is 1.79. The molecule has 5 nitrogen and oxygen atoms in total. The van der Waals surface area contributed by atoms with E-state index in [4.69, 9.17) is 9.47 Å². The minimum atomic E-state index is -0.600. The third kappa shape index (κ3) is 6.55. The first-order valence-corrected chi connectivity index (χ1v) is 8.35. The molecule has 0 bridgehead atoms. The average molecular weight is 359 g/mol. The molecule has 2 rings (SSSR count). The molecule has 1 amide bonds. The summed E-state index contributed by atoms with van der Waals surface area (Å²) in [5, 5.41) is 2.61. The first kappa shape index (κ1) is 19.4. The Labute approximate surface area is 152 Å². The van der Waals surface area contributed by atoms with E-state index in [0.29, 0.717) is 23.8 Å². The monoisotopic (exact) mass is 359 g/mol. The van der Waals surface area contributed by atoms with Crippen LogP contribution >= 0.6 is 0 Å². The van der Waals surface area contributed by atoms with Crippen LogP contribution in [0.15, 0.2) is 48.5 Å². The number of benzene rings is 2. The van der Waals surface area contributed by atoms with Crippen molar-refractivity contribution in [3.8, 4) is 5.75 Å². The topological polar surface area (TPSA) is 64.6 Å². The highest BCUT2D eigenvalue weighted by molar-refractivity contribution is 5.91. The maximum Gasteiger partial charge on any atom is 0.338 e. The van der Waals surface area contributed by atoms with Crippen molar-refractivity contribution in [3.63, 3.8) is 0 Å². The number of ether oxygens (including phenoxy) is 2. The summed E-state index contributed by atoms with van der Waals surface area (Å²) >= 11 is 0. The zero-order chi connectivity index (χ0) is 18.9. The van der Waals surface area contributed by atoms with Gasteiger partial charge in [-0.2, -0.15) is 0 Å². The van der Waals surface area contributed by atoms with E-state index in [0.717, 1.165) is 5.56 Å². The lowest BCUT2D eigenvalue weighted by Gasteiger charge is -2.10. The van der Waals surface area contributed by atoms with Gasteiger partial charge in [-0.05, 0) is 41.8 Å². The zero-order valence-electron chi connectivity index (χ0n) is 14.8. The Bertz CT molecular complexity index is 744. The molecule has 0 heterocycles. The molecule has 0 unspecified atom stereocenters. The van der Waals surface area contributed by atoms with Crippen molar-refractivity contribution in [2.24, 2.45) is 5.92 Å². The molecular formula is C20H22FNO4. The zero-order valence-corrected chi connectivity index (χ0v) is 14.8. The second-order valence-electron chi connectivity index (χ2n) is 6.21. The fraction of sp³-hybridized carbons (Fsp3) is 0.300. The first-order chi connectivity index (χ1) is 12.4. The SMILES string of the molecule is CC(C)COc1cccc(C(=O)OCC(=O)NCc2ccc(F)cc2)c1. The fourth-order valence-electron chi connectivity index (χ4n) is 2.04. The van der Waals surface area contributed by atoms with Crippen molar-refractivity contribution in [2.45, 2.75) is 20.4 Å². The molecule has 0 aliphatic rings. The van der Waals surface area contributed by atoms with Crippen molar-refractivity contribution in [2.75, 3.05) is 13.2 Å². The minimum absolute atomic E-state index is 0.231. The molecule has 0 aromatic heterocycles. The summed E-state index contributed by atoms with van der Waals surface area (Å²) in [6.07, 6.45) is 0. The number of rotatable bonds is 8. The van der Waals surface area contributed by atoms with Crippen LogP contribution in [0.1, 0.15) is 29.8 Å². The molecular weight excluding hydrogens is 337 g/mol. The van der Waals surface area contributed by atoms with Crippen molar-refractivity contribution in [1.29, 1.82) is 0 Å². The van der Waals surface area contributed by atoms with E-state index in [1.807, 2.05) is 13.8 Å². The van der Waals surface area contributed by atoms with Gasteiger partial charge in [0, 0.05) is 6.54 Å². The van der Waals surface area contributed by atoms with Gasteiger partial charge >= 0.3 is 5.97 Å². The van der Waals surface area contributed by atoms with Crippen molar-refractivity contribution in [1.82, 2.24) is 5.32 Å². The van der Waals surface area contributed by atoms with Crippen LogP contribution in [-0.2, 0) is 16.1 Å². The van der Waals surface area contributed by atoms with Gasteiger partial charge in [0.2, 0.25) is 0 Å². The molecule has 0 aliphatic carbocycles. The number of carbonyl (C=O) groups is 2. The van der Waals surface area contributed by atoms with Gasteiger partial charge in [-0.15, -0.1) is 0 Å². The fourth-order valence-corrected chi connectivity index (χ4v) is 2.04. The number of nitrogens with one attached hydrogen (secondary N) is 1. The number of esters is 1. The largest absolute Gasteiger partial charge is 0.493 e. The Morgan fingerprint density at radius 1 is 1.12 bits per heavy atom. The first-order valence-electron chi connectivity index (χ1n) is 8.35. The second-order valence-corrected chi connectivity index (χ2v) is 6.21. The summed E-state index contributed by atoms with van der Waals surface area (Å²) in [6, 6.07) is 12.4. The van der Waals surface area contributed by atoms with Gasteiger partial charge in [0.15, 0.2) is 6.61 Å². The molecule has 6 heteroatoms. The van der Waals surface area contributed by atoms with E-state index in [9.17, 15) is 14.0 Å². The summed E-state index contributed by atoms with van der Waals surface area (Å²) in [4.78, 5) is 23.8. The third-order valence-corrected chi connectivity index (χ3v) is 3.39. The van der Waals surface area contributed by atoms with E-state index in [1.165, 1.54) is 12.1 Å². The highest BCUT2D eigenvalue weighted by atomic mass is 19.1. The molecule has 0 radical (unpaired) electrons. The van der Waals surface area contributed by atoms with Gasteiger partial charge in [-0.25, -0.2) is 9.18 Å². The highest BCUT2D eigenvalue weighted by Crippen LogP contribution is 2.15. The average Bonchev–Trinajstić information content (AvgIpc) is 2.64. The van der Waals surface area contributed by atoms with Crippen LogP contribution in [-0.4, -0.2) is 25.1 Å². The van der Waals surface area contributed by atoms with Crippen LogP contribution in [0.4, 0.5) is 4.39 Å². The van der Waals surface area contributed by atoms with Crippen molar-refractivity contribution >= 4 is 11.9 Å². The van der Waals surface area contributed by atoms with Gasteiger partial charge in [-0.3, -0.25) is 4.79 Å². The summed E-state index contributed by atoms with van der Waals surface area (Å²) in [6.45, 7) is 4.45. The van der Waals surface area contributed by atoms with Crippen molar-refractivity contribution in [3.05, 3.63) is 65.5 Å². The third-order valence-electron chi connectivity index (χ3n) is 3.39. The van der Waals surface area contributed by atoms with Gasteiger partial charge in [-0.1, -0.05) is 32.0 Å². The highest BCUT2D eigenvalue weighted by Gasteiger charge is 2.11. The standard InChI is InChI=1S/C20H22FNO4/c1-14(2)12-25-18-5-3-4-16(10-18)20(24)26-13-19(23)22-11-15-6-8-17(21)9-7-15/h3-10,14H,11-13H2,1-2H3,(H,22,23). The number of amides is 1. The Hall–Kier alpha value is -2.89. The maximum absolute atomic E-state index is 12.8. The van der Waals surface area contributed by atoms with E-state index in [2.05, 4.69) is 5.32 Å². The lowest BCUT2D eigenvalue weighted by atomic mass is 10.2. The van der Waals surface area contributed by atoms with E-state index >= 15 is 0 Å². The van der Waals surface area contributed by atoms with Crippen molar-refractivity contribution < 1.29 is 23.5 Å².